The van der Waals surface area contributed by atoms with Gasteiger partial charge in [-0.1, -0.05) is 265 Å². The van der Waals surface area contributed by atoms with Crippen LogP contribution in [0.15, 0.2) is 109 Å². The number of hydrogen-bond acceptors (Lipinski definition) is 6. The summed E-state index contributed by atoms with van der Waals surface area (Å²) in [7, 11) is 0. The van der Waals surface area contributed by atoms with E-state index in [4.69, 9.17) is 14.2 Å². The number of esters is 3. The molecular formula is C67H112O6. The molecular weight excluding hydrogens is 901 g/mol. The molecule has 0 spiro atoms. The molecule has 73 heavy (non-hydrogen) atoms. The van der Waals surface area contributed by atoms with Crippen molar-refractivity contribution in [3.05, 3.63) is 109 Å². The van der Waals surface area contributed by atoms with Crippen molar-refractivity contribution in [1.82, 2.24) is 0 Å². The van der Waals surface area contributed by atoms with Crippen LogP contribution in [0.5, 0.6) is 0 Å². The Labute approximate surface area is 450 Å². The Balaban J connectivity index is 4.33. The minimum atomic E-state index is -0.846. The summed E-state index contributed by atoms with van der Waals surface area (Å²) in [6.45, 7) is 6.31. The predicted octanol–water partition coefficient (Wildman–Crippen LogP) is 20.7. The van der Waals surface area contributed by atoms with Gasteiger partial charge in [0.1, 0.15) is 13.2 Å². The zero-order chi connectivity index (χ0) is 52.9. The van der Waals surface area contributed by atoms with E-state index < -0.39 is 12.1 Å². The van der Waals surface area contributed by atoms with Crippen molar-refractivity contribution < 1.29 is 28.6 Å². The van der Waals surface area contributed by atoms with Crippen LogP contribution in [0.1, 0.15) is 278 Å². The van der Waals surface area contributed by atoms with E-state index in [1.807, 2.05) is 6.08 Å². The average molecular weight is 1010 g/mol. The lowest BCUT2D eigenvalue weighted by atomic mass is 10.0. The molecule has 0 radical (unpaired) electrons. The molecule has 0 saturated carbocycles. The highest BCUT2D eigenvalue weighted by Gasteiger charge is 2.19. The predicted molar refractivity (Wildman–Crippen MR) is 316 cm³/mol. The molecule has 0 amide bonds. The molecule has 0 aliphatic carbocycles. The largest absolute Gasteiger partial charge is 0.462 e. The fourth-order valence-electron chi connectivity index (χ4n) is 8.29. The fourth-order valence-corrected chi connectivity index (χ4v) is 8.29. The first-order valence-electron chi connectivity index (χ1n) is 30.4. The van der Waals surface area contributed by atoms with Crippen molar-refractivity contribution in [2.75, 3.05) is 13.2 Å². The van der Waals surface area contributed by atoms with Gasteiger partial charge in [-0.3, -0.25) is 14.4 Å². The van der Waals surface area contributed by atoms with Gasteiger partial charge in [0.15, 0.2) is 6.10 Å². The number of carbonyl (C=O) groups is 3. The second-order valence-corrected chi connectivity index (χ2v) is 19.9. The van der Waals surface area contributed by atoms with Crippen molar-refractivity contribution in [3.63, 3.8) is 0 Å². The molecule has 0 N–H and O–H groups in total. The second kappa shape index (κ2) is 60.6. The van der Waals surface area contributed by atoms with Gasteiger partial charge in [-0.15, -0.1) is 0 Å². The Bertz CT molecular complexity index is 1490. The van der Waals surface area contributed by atoms with Crippen LogP contribution in [0.3, 0.4) is 0 Å². The van der Waals surface area contributed by atoms with E-state index in [9.17, 15) is 14.4 Å². The molecule has 0 saturated heterocycles. The molecule has 6 nitrogen and oxygen atoms in total. The highest BCUT2D eigenvalue weighted by atomic mass is 16.6. The fraction of sp³-hybridized carbons (Fsp3) is 0.687. The van der Waals surface area contributed by atoms with Crippen molar-refractivity contribution >= 4 is 17.9 Å². The van der Waals surface area contributed by atoms with E-state index in [2.05, 4.69) is 118 Å². The molecule has 0 bridgehead atoms. The molecule has 0 aliphatic rings. The number of carbonyl (C=O) groups excluding carboxylic acids is 3. The van der Waals surface area contributed by atoms with E-state index in [0.29, 0.717) is 19.3 Å². The molecule has 0 rings (SSSR count). The third-order valence-electron chi connectivity index (χ3n) is 12.8. The lowest BCUT2D eigenvalue weighted by molar-refractivity contribution is -0.166. The van der Waals surface area contributed by atoms with Crippen LogP contribution in [-0.2, 0) is 28.6 Å². The highest BCUT2D eigenvalue weighted by molar-refractivity contribution is 5.72. The average Bonchev–Trinajstić information content (AvgIpc) is 3.39. The summed E-state index contributed by atoms with van der Waals surface area (Å²) in [5.41, 5.74) is 0. The number of hydrogen-bond donors (Lipinski definition) is 0. The molecule has 0 fully saturated rings. The Morgan fingerprint density at radius 3 is 0.932 bits per heavy atom. The van der Waals surface area contributed by atoms with Gasteiger partial charge in [0.25, 0.3) is 0 Å². The van der Waals surface area contributed by atoms with Crippen LogP contribution in [0.4, 0.5) is 0 Å². The first-order valence-corrected chi connectivity index (χ1v) is 30.4. The minimum Gasteiger partial charge on any atom is -0.462 e. The van der Waals surface area contributed by atoms with Crippen LogP contribution >= 0.6 is 0 Å². The van der Waals surface area contributed by atoms with Crippen LogP contribution in [0.25, 0.3) is 0 Å². The number of unbranched alkanes of at least 4 members (excludes halogenated alkanes) is 26. The lowest BCUT2D eigenvalue weighted by Crippen LogP contribution is -2.30. The number of allylic oxidation sites excluding steroid dienone is 17. The Kier molecular flexibility index (Phi) is 57.4. The van der Waals surface area contributed by atoms with Crippen LogP contribution in [0, 0.1) is 0 Å². The summed E-state index contributed by atoms with van der Waals surface area (Å²) in [5.74, 6) is -1.09. The van der Waals surface area contributed by atoms with E-state index in [-0.39, 0.29) is 31.6 Å². The summed E-state index contributed by atoms with van der Waals surface area (Å²) in [6.07, 6.45) is 82.8. The summed E-state index contributed by atoms with van der Waals surface area (Å²) >= 11 is 0. The first kappa shape index (κ1) is 69.1. The summed E-state index contributed by atoms with van der Waals surface area (Å²) in [5, 5.41) is 0. The van der Waals surface area contributed by atoms with Crippen LogP contribution < -0.4 is 0 Å². The monoisotopic (exact) mass is 1010 g/mol. The topological polar surface area (TPSA) is 78.9 Å². The molecule has 1 atom stereocenters. The molecule has 6 heteroatoms. The smallest absolute Gasteiger partial charge is 0.310 e. The third kappa shape index (κ3) is 58.8. The standard InChI is InChI=1S/C67H112O6/c1-4-7-10-13-16-19-22-25-27-28-29-30-31-32-33-34-35-36-37-38-40-42-45-48-51-54-57-60-66(69)72-63-64(62-71-65(68)59-56-53-50-47-44-41-24-21-18-15-12-9-6-3)73-67(70)61-58-55-52-49-46-43-39-26-23-20-17-14-11-8-5-2/h8-9,11-12,17-18,20-21,26,28-29,39,41,44,46,49,55,58,64H,4-7,10,13-16,19,22-25,27,30-38,40,42-43,45,47-48,50-54,56-57,59-63H2,1-3H3/b11-8-,12-9-,20-17-,21-18-,29-28-,39-26-,44-41-,49-46-,58-55-. The SMILES string of the molecule is CC/C=C\C/C=C\C/C=C\C/C=C\C/C=C\CC(=O)OC(COC(=O)CCCCC/C=C\C/C=C\C/C=C\CC)COC(=O)CCCCCCCCCCCCCCCCC/C=C\CCCCCCCCCC. The second-order valence-electron chi connectivity index (χ2n) is 19.9. The van der Waals surface area contributed by atoms with E-state index in [1.54, 1.807) is 6.08 Å². The van der Waals surface area contributed by atoms with Crippen molar-refractivity contribution in [2.45, 2.75) is 284 Å². The maximum Gasteiger partial charge on any atom is 0.310 e. The van der Waals surface area contributed by atoms with Crippen LogP contribution in [0.2, 0.25) is 0 Å². The molecule has 0 aromatic heterocycles. The van der Waals surface area contributed by atoms with Gasteiger partial charge in [0.05, 0.1) is 6.42 Å². The minimum absolute atomic E-state index is 0.0883. The van der Waals surface area contributed by atoms with Gasteiger partial charge in [0, 0.05) is 12.8 Å². The van der Waals surface area contributed by atoms with Gasteiger partial charge >= 0.3 is 17.9 Å². The highest BCUT2D eigenvalue weighted by Crippen LogP contribution is 2.16. The van der Waals surface area contributed by atoms with Gasteiger partial charge < -0.3 is 14.2 Å². The molecule has 1 unspecified atom stereocenters. The normalized spacial score (nSPS) is 12.9. The molecule has 0 aliphatic heterocycles. The Hall–Kier alpha value is -3.93. The summed E-state index contributed by atoms with van der Waals surface area (Å²) < 4.78 is 16.7. The van der Waals surface area contributed by atoms with E-state index >= 15 is 0 Å². The maximum absolute atomic E-state index is 12.8. The van der Waals surface area contributed by atoms with Crippen molar-refractivity contribution in [3.8, 4) is 0 Å². The summed E-state index contributed by atoms with van der Waals surface area (Å²) in [4.78, 5) is 38.1. The van der Waals surface area contributed by atoms with Crippen molar-refractivity contribution in [1.29, 1.82) is 0 Å². The van der Waals surface area contributed by atoms with Gasteiger partial charge in [-0.05, 0) is 103 Å². The van der Waals surface area contributed by atoms with Gasteiger partial charge in [0.2, 0.25) is 0 Å². The maximum atomic E-state index is 12.8. The summed E-state index contributed by atoms with van der Waals surface area (Å²) in [6, 6.07) is 0. The Morgan fingerprint density at radius 2 is 0.575 bits per heavy atom. The van der Waals surface area contributed by atoms with E-state index in [0.717, 1.165) is 89.9 Å². The number of rotatable bonds is 54. The number of ether oxygens (including phenoxy) is 3. The molecule has 0 aromatic carbocycles. The van der Waals surface area contributed by atoms with Gasteiger partial charge in [-0.25, -0.2) is 0 Å². The third-order valence-corrected chi connectivity index (χ3v) is 12.8. The quantitative estimate of drug-likeness (QED) is 0.0261. The van der Waals surface area contributed by atoms with Crippen molar-refractivity contribution in [2.24, 2.45) is 0 Å². The Morgan fingerprint density at radius 1 is 0.301 bits per heavy atom. The molecule has 0 aromatic rings. The molecule has 416 valence electrons. The molecule has 0 heterocycles. The van der Waals surface area contributed by atoms with E-state index in [1.165, 1.54) is 141 Å². The zero-order valence-electron chi connectivity index (χ0n) is 47.6. The zero-order valence-corrected chi connectivity index (χ0v) is 47.6. The lowest BCUT2D eigenvalue weighted by Gasteiger charge is -2.18. The first-order chi connectivity index (χ1) is 36.0. The van der Waals surface area contributed by atoms with Gasteiger partial charge in [-0.2, -0.15) is 0 Å². The van der Waals surface area contributed by atoms with Crippen LogP contribution in [-0.4, -0.2) is 37.2 Å².